The van der Waals surface area contributed by atoms with E-state index in [2.05, 4.69) is 28.2 Å². The molecule has 0 atom stereocenters. The Kier molecular flexibility index (Phi) is 7.28. The van der Waals surface area contributed by atoms with Crippen LogP contribution < -0.4 is 10.1 Å². The molecule has 0 aliphatic heterocycles. The molecule has 1 rings (SSSR count). The zero-order valence-electron chi connectivity index (χ0n) is 11.1. The van der Waals surface area contributed by atoms with Gasteiger partial charge in [0.2, 0.25) is 0 Å². The zero-order chi connectivity index (χ0) is 13.4. The third kappa shape index (κ3) is 4.94. The van der Waals surface area contributed by atoms with Gasteiger partial charge < -0.3 is 10.1 Å². The molecular formula is C14H21BrFNO. The normalized spacial score (nSPS) is 10.7. The summed E-state index contributed by atoms with van der Waals surface area (Å²) >= 11 is 3.21. The Hall–Kier alpha value is -0.610. The molecule has 0 aromatic heterocycles. The number of methoxy groups -OCH3 is 1. The number of hydrogen-bond acceptors (Lipinski definition) is 2. The molecule has 0 heterocycles. The van der Waals surface area contributed by atoms with E-state index in [1.165, 1.54) is 12.5 Å². The number of benzene rings is 1. The Bertz CT molecular complexity index is 371. The Labute approximate surface area is 117 Å². The molecule has 0 aliphatic rings. The second kappa shape index (κ2) is 8.48. The van der Waals surface area contributed by atoms with Gasteiger partial charge in [-0.25, -0.2) is 4.39 Å². The van der Waals surface area contributed by atoms with Crippen LogP contribution in [0.4, 0.5) is 4.39 Å². The minimum atomic E-state index is -0.278. The highest BCUT2D eigenvalue weighted by Crippen LogP contribution is 2.27. The van der Waals surface area contributed by atoms with E-state index in [-0.39, 0.29) is 5.82 Å². The SMILES string of the molecule is CCCNCCCCc1cc(Br)c(F)cc1OC. The summed E-state index contributed by atoms with van der Waals surface area (Å²) in [6, 6.07) is 3.25. The van der Waals surface area contributed by atoms with Crippen molar-refractivity contribution in [3.63, 3.8) is 0 Å². The van der Waals surface area contributed by atoms with Crippen molar-refractivity contribution < 1.29 is 9.13 Å². The van der Waals surface area contributed by atoms with Crippen molar-refractivity contribution >= 4 is 15.9 Å². The molecule has 1 aromatic rings. The first-order valence-electron chi connectivity index (χ1n) is 6.41. The van der Waals surface area contributed by atoms with Crippen LogP contribution in [-0.4, -0.2) is 20.2 Å². The second-order valence-corrected chi connectivity index (χ2v) is 5.14. The topological polar surface area (TPSA) is 21.3 Å². The minimum absolute atomic E-state index is 0.278. The van der Waals surface area contributed by atoms with Crippen LogP contribution in [-0.2, 0) is 6.42 Å². The lowest BCUT2D eigenvalue weighted by Gasteiger charge is -2.10. The van der Waals surface area contributed by atoms with Crippen molar-refractivity contribution in [3.05, 3.63) is 28.0 Å². The smallest absolute Gasteiger partial charge is 0.141 e. The Morgan fingerprint density at radius 1 is 1.28 bits per heavy atom. The zero-order valence-corrected chi connectivity index (χ0v) is 12.6. The molecule has 0 spiro atoms. The van der Waals surface area contributed by atoms with Gasteiger partial charge >= 0.3 is 0 Å². The highest BCUT2D eigenvalue weighted by Gasteiger charge is 2.08. The quantitative estimate of drug-likeness (QED) is 0.734. The molecule has 0 bridgehead atoms. The predicted octanol–water partition coefficient (Wildman–Crippen LogP) is 3.92. The third-order valence-corrected chi connectivity index (χ3v) is 3.41. The van der Waals surface area contributed by atoms with E-state index in [0.717, 1.165) is 37.9 Å². The van der Waals surface area contributed by atoms with Gasteiger partial charge in [-0.2, -0.15) is 0 Å². The summed E-state index contributed by atoms with van der Waals surface area (Å²) in [4.78, 5) is 0. The monoisotopic (exact) mass is 317 g/mol. The van der Waals surface area contributed by atoms with Crippen molar-refractivity contribution in [2.75, 3.05) is 20.2 Å². The molecule has 0 aliphatic carbocycles. The van der Waals surface area contributed by atoms with E-state index in [1.54, 1.807) is 7.11 Å². The number of rotatable bonds is 8. The fourth-order valence-electron chi connectivity index (χ4n) is 1.82. The molecule has 0 radical (unpaired) electrons. The largest absolute Gasteiger partial charge is 0.496 e. The van der Waals surface area contributed by atoms with Crippen LogP contribution in [0.1, 0.15) is 31.7 Å². The minimum Gasteiger partial charge on any atom is -0.496 e. The summed E-state index contributed by atoms with van der Waals surface area (Å²) in [6.07, 6.45) is 4.28. The summed E-state index contributed by atoms with van der Waals surface area (Å²) < 4.78 is 19.0. The van der Waals surface area contributed by atoms with Gasteiger partial charge in [0.15, 0.2) is 0 Å². The lowest BCUT2D eigenvalue weighted by Crippen LogP contribution is -2.15. The first-order chi connectivity index (χ1) is 8.69. The average Bonchev–Trinajstić information content (AvgIpc) is 2.37. The molecule has 0 fully saturated rings. The fourth-order valence-corrected chi connectivity index (χ4v) is 2.21. The van der Waals surface area contributed by atoms with Gasteiger partial charge in [-0.3, -0.25) is 0 Å². The average molecular weight is 318 g/mol. The van der Waals surface area contributed by atoms with Gasteiger partial charge in [0, 0.05) is 6.07 Å². The van der Waals surface area contributed by atoms with Crippen LogP contribution >= 0.6 is 15.9 Å². The third-order valence-electron chi connectivity index (χ3n) is 2.80. The van der Waals surface area contributed by atoms with Crippen molar-refractivity contribution in [1.29, 1.82) is 0 Å². The maximum atomic E-state index is 13.3. The van der Waals surface area contributed by atoms with Crippen molar-refractivity contribution in [3.8, 4) is 5.75 Å². The summed E-state index contributed by atoms with van der Waals surface area (Å²) in [7, 11) is 1.58. The number of ether oxygens (including phenoxy) is 1. The summed E-state index contributed by atoms with van der Waals surface area (Å²) in [5, 5.41) is 3.37. The number of unbranched alkanes of at least 4 members (excludes halogenated alkanes) is 1. The number of aryl methyl sites for hydroxylation is 1. The first-order valence-corrected chi connectivity index (χ1v) is 7.21. The van der Waals surface area contributed by atoms with Gasteiger partial charge in [0.05, 0.1) is 11.6 Å². The first kappa shape index (κ1) is 15.4. The molecule has 0 amide bonds. The Balaban J connectivity index is 2.43. The fraction of sp³-hybridized carbons (Fsp3) is 0.571. The standard InChI is InChI=1S/C14H21BrFNO/c1-3-7-17-8-5-4-6-11-9-12(15)13(16)10-14(11)18-2/h9-10,17H,3-8H2,1-2H3. The van der Waals surface area contributed by atoms with Crippen molar-refractivity contribution in [1.82, 2.24) is 5.32 Å². The molecule has 0 saturated heterocycles. The van der Waals surface area contributed by atoms with Gasteiger partial charge in [0.1, 0.15) is 11.6 Å². The molecular weight excluding hydrogens is 297 g/mol. The Morgan fingerprint density at radius 3 is 2.72 bits per heavy atom. The molecule has 4 heteroatoms. The van der Waals surface area contributed by atoms with Crippen LogP contribution in [0.15, 0.2) is 16.6 Å². The van der Waals surface area contributed by atoms with E-state index in [9.17, 15) is 4.39 Å². The van der Waals surface area contributed by atoms with Crippen molar-refractivity contribution in [2.24, 2.45) is 0 Å². The molecule has 1 aromatic carbocycles. The lowest BCUT2D eigenvalue weighted by atomic mass is 10.1. The molecule has 2 nitrogen and oxygen atoms in total. The van der Waals surface area contributed by atoms with Crippen LogP contribution in [0, 0.1) is 5.82 Å². The lowest BCUT2D eigenvalue weighted by molar-refractivity contribution is 0.405. The Morgan fingerprint density at radius 2 is 2.06 bits per heavy atom. The van der Waals surface area contributed by atoms with Gasteiger partial charge in [-0.05, 0) is 66.3 Å². The summed E-state index contributed by atoms with van der Waals surface area (Å²) in [6.45, 7) is 4.28. The second-order valence-electron chi connectivity index (χ2n) is 4.29. The number of hydrogen-bond donors (Lipinski definition) is 1. The molecule has 0 saturated carbocycles. The molecule has 18 heavy (non-hydrogen) atoms. The predicted molar refractivity (Wildman–Crippen MR) is 76.8 cm³/mol. The highest BCUT2D eigenvalue weighted by atomic mass is 79.9. The van der Waals surface area contributed by atoms with E-state index < -0.39 is 0 Å². The van der Waals surface area contributed by atoms with E-state index in [0.29, 0.717) is 10.2 Å². The van der Waals surface area contributed by atoms with Crippen LogP contribution in [0.5, 0.6) is 5.75 Å². The number of nitrogens with one attached hydrogen (secondary N) is 1. The number of halogens is 2. The van der Waals surface area contributed by atoms with Crippen LogP contribution in [0.25, 0.3) is 0 Å². The molecule has 0 unspecified atom stereocenters. The van der Waals surface area contributed by atoms with Crippen molar-refractivity contribution in [2.45, 2.75) is 32.6 Å². The van der Waals surface area contributed by atoms with E-state index in [4.69, 9.17) is 4.74 Å². The van der Waals surface area contributed by atoms with E-state index in [1.807, 2.05) is 6.07 Å². The maximum absolute atomic E-state index is 13.3. The van der Waals surface area contributed by atoms with Crippen LogP contribution in [0.2, 0.25) is 0 Å². The summed E-state index contributed by atoms with van der Waals surface area (Å²) in [5.74, 6) is 0.359. The van der Waals surface area contributed by atoms with Crippen LogP contribution in [0.3, 0.4) is 0 Å². The van der Waals surface area contributed by atoms with Gasteiger partial charge in [-0.1, -0.05) is 6.92 Å². The molecule has 102 valence electrons. The summed E-state index contributed by atoms with van der Waals surface area (Å²) in [5.41, 5.74) is 1.06. The highest BCUT2D eigenvalue weighted by molar-refractivity contribution is 9.10. The van der Waals surface area contributed by atoms with E-state index >= 15 is 0 Å². The maximum Gasteiger partial charge on any atom is 0.141 e. The van der Waals surface area contributed by atoms with Gasteiger partial charge in [0.25, 0.3) is 0 Å². The molecule has 1 N–H and O–H groups in total. The van der Waals surface area contributed by atoms with Gasteiger partial charge in [-0.15, -0.1) is 0 Å².